The molecule has 7 unspecified atom stereocenters. The van der Waals surface area contributed by atoms with E-state index in [0.717, 1.165) is 32.1 Å². The fourth-order valence-electron chi connectivity index (χ4n) is 6.30. The second-order valence-electron chi connectivity index (χ2n) is 10.1. The van der Waals surface area contributed by atoms with Gasteiger partial charge in [0.05, 0.1) is 12.7 Å². The van der Waals surface area contributed by atoms with Crippen molar-refractivity contribution in [2.24, 2.45) is 29.6 Å². The van der Waals surface area contributed by atoms with E-state index in [1.165, 1.54) is 6.42 Å². The normalized spacial score (nSPS) is 39.6. The molecular weight excluding hydrogens is 411 g/mol. The first kappa shape index (κ1) is 23.2. The smallest absolute Gasteiger partial charge is 0.392 e. The Morgan fingerprint density at radius 3 is 2.48 bits per heavy atom. The monoisotopic (exact) mass is 445 g/mol. The van der Waals surface area contributed by atoms with Crippen molar-refractivity contribution in [3.8, 4) is 0 Å². The number of Topliss-reactive ketones (excluding diaryl/α,β-unsaturated/α-hetero) is 2. The molecule has 0 aromatic rings. The topological polar surface area (TPSA) is 75.6 Å². The highest BCUT2D eigenvalue weighted by atomic mass is 19.4. The van der Waals surface area contributed by atoms with Gasteiger partial charge in [-0.25, -0.2) is 0 Å². The number of halogens is 3. The second-order valence-corrected chi connectivity index (χ2v) is 10.1. The number of ether oxygens (including phenoxy) is 1. The lowest BCUT2D eigenvalue weighted by Gasteiger charge is -2.40. The number of aliphatic hydroxyl groups is 1. The highest BCUT2D eigenvalue weighted by Crippen LogP contribution is 2.44. The Balaban J connectivity index is 1.44. The molecule has 0 spiro atoms. The predicted octanol–water partition coefficient (Wildman–Crippen LogP) is 3.43. The minimum absolute atomic E-state index is 0.0172. The largest absolute Gasteiger partial charge is 0.403 e. The average Bonchev–Trinajstić information content (AvgIpc) is 3.20. The molecule has 31 heavy (non-hydrogen) atoms. The SMILES string of the molecule is O=C1C2CCC(C2)C(O)C1C(=O)C1CCC(C(F)(F)F)NC1COCC1CCCCC1. The van der Waals surface area contributed by atoms with E-state index in [0.29, 0.717) is 25.4 Å². The Morgan fingerprint density at radius 1 is 1.03 bits per heavy atom. The van der Waals surface area contributed by atoms with E-state index < -0.39 is 42.0 Å². The third kappa shape index (κ3) is 5.01. The maximum absolute atomic E-state index is 13.4. The lowest BCUT2D eigenvalue weighted by molar-refractivity contribution is -0.171. The van der Waals surface area contributed by atoms with Crippen LogP contribution in [-0.4, -0.2) is 54.3 Å². The van der Waals surface area contributed by atoms with Crippen molar-refractivity contribution < 1.29 is 32.6 Å². The number of ketones is 2. The molecule has 2 N–H and O–H groups in total. The van der Waals surface area contributed by atoms with Gasteiger partial charge in [0.25, 0.3) is 0 Å². The summed E-state index contributed by atoms with van der Waals surface area (Å²) < 4.78 is 45.9. The molecule has 0 aromatic heterocycles. The van der Waals surface area contributed by atoms with Gasteiger partial charge in [0, 0.05) is 24.5 Å². The van der Waals surface area contributed by atoms with Crippen molar-refractivity contribution >= 4 is 11.6 Å². The first-order valence-corrected chi connectivity index (χ1v) is 11.9. The zero-order valence-electron chi connectivity index (χ0n) is 17.9. The predicted molar refractivity (Wildman–Crippen MR) is 107 cm³/mol. The summed E-state index contributed by atoms with van der Waals surface area (Å²) in [7, 11) is 0. The zero-order chi connectivity index (χ0) is 22.2. The Labute approximate surface area is 181 Å². The summed E-state index contributed by atoms with van der Waals surface area (Å²) in [6, 6.07) is -2.47. The number of piperidine rings is 1. The van der Waals surface area contributed by atoms with Crippen LogP contribution in [0.1, 0.15) is 64.2 Å². The number of fused-ring (bicyclic) bond motifs is 2. The highest BCUT2D eigenvalue weighted by molar-refractivity contribution is 6.06. The van der Waals surface area contributed by atoms with Gasteiger partial charge in [-0.2, -0.15) is 13.2 Å². The van der Waals surface area contributed by atoms with Gasteiger partial charge in [-0.1, -0.05) is 19.3 Å². The number of hydrogen-bond acceptors (Lipinski definition) is 5. The van der Waals surface area contributed by atoms with Crippen LogP contribution in [0, 0.1) is 29.6 Å². The minimum Gasteiger partial charge on any atom is -0.392 e. The van der Waals surface area contributed by atoms with Gasteiger partial charge in [-0.05, 0) is 56.8 Å². The summed E-state index contributed by atoms with van der Waals surface area (Å²) in [4.78, 5) is 26.2. The molecule has 5 nitrogen and oxygen atoms in total. The molecule has 1 aliphatic heterocycles. The first-order chi connectivity index (χ1) is 14.8. The number of hydrogen-bond donors (Lipinski definition) is 2. The molecule has 1 saturated heterocycles. The van der Waals surface area contributed by atoms with Crippen LogP contribution < -0.4 is 5.32 Å². The Kier molecular flexibility index (Phi) is 7.08. The van der Waals surface area contributed by atoms with E-state index in [1.807, 2.05) is 0 Å². The van der Waals surface area contributed by atoms with Gasteiger partial charge < -0.3 is 15.2 Å². The zero-order valence-corrected chi connectivity index (χ0v) is 17.9. The fourth-order valence-corrected chi connectivity index (χ4v) is 6.30. The van der Waals surface area contributed by atoms with E-state index in [1.54, 1.807) is 0 Å². The lowest BCUT2D eigenvalue weighted by atomic mass is 9.70. The molecule has 8 heteroatoms. The van der Waals surface area contributed by atoms with Crippen molar-refractivity contribution in [3.63, 3.8) is 0 Å². The van der Waals surface area contributed by atoms with Crippen LogP contribution in [0.15, 0.2) is 0 Å². The number of nitrogens with one attached hydrogen (secondary N) is 1. The number of alkyl halides is 3. The van der Waals surface area contributed by atoms with Crippen molar-refractivity contribution in [1.29, 1.82) is 0 Å². The molecule has 3 saturated carbocycles. The van der Waals surface area contributed by atoms with E-state index in [-0.39, 0.29) is 37.1 Å². The summed E-state index contributed by atoms with van der Waals surface area (Å²) in [5.74, 6) is -2.28. The molecule has 0 radical (unpaired) electrons. The molecule has 0 aromatic carbocycles. The van der Waals surface area contributed by atoms with Crippen LogP contribution in [-0.2, 0) is 14.3 Å². The summed E-state index contributed by atoms with van der Waals surface area (Å²) in [6.45, 7) is 0.508. The van der Waals surface area contributed by atoms with Gasteiger partial charge in [0.15, 0.2) is 5.78 Å². The van der Waals surface area contributed by atoms with Crippen LogP contribution >= 0.6 is 0 Å². The molecule has 1 heterocycles. The van der Waals surface area contributed by atoms with Gasteiger partial charge in [-0.3, -0.25) is 9.59 Å². The molecule has 176 valence electrons. The summed E-state index contributed by atoms with van der Waals surface area (Å²) in [6.07, 6.45) is 2.13. The lowest BCUT2D eigenvalue weighted by Crippen LogP contribution is -2.59. The van der Waals surface area contributed by atoms with E-state index >= 15 is 0 Å². The van der Waals surface area contributed by atoms with E-state index in [2.05, 4.69) is 5.32 Å². The number of carbonyl (C=O) groups is 2. The van der Waals surface area contributed by atoms with Crippen molar-refractivity contribution in [1.82, 2.24) is 5.32 Å². The Morgan fingerprint density at radius 2 is 1.77 bits per heavy atom. The van der Waals surface area contributed by atoms with Crippen LogP contribution in [0.3, 0.4) is 0 Å². The summed E-state index contributed by atoms with van der Waals surface area (Å²) in [5, 5.41) is 13.3. The average molecular weight is 446 g/mol. The van der Waals surface area contributed by atoms with Crippen LogP contribution in [0.25, 0.3) is 0 Å². The third-order valence-corrected chi connectivity index (χ3v) is 8.12. The van der Waals surface area contributed by atoms with Crippen LogP contribution in [0.5, 0.6) is 0 Å². The maximum atomic E-state index is 13.4. The van der Waals surface area contributed by atoms with Crippen molar-refractivity contribution in [2.45, 2.75) is 88.6 Å². The van der Waals surface area contributed by atoms with Crippen LogP contribution in [0.2, 0.25) is 0 Å². The second kappa shape index (κ2) is 9.48. The maximum Gasteiger partial charge on any atom is 0.403 e. The van der Waals surface area contributed by atoms with Gasteiger partial charge in [0.2, 0.25) is 0 Å². The van der Waals surface area contributed by atoms with Crippen molar-refractivity contribution in [3.05, 3.63) is 0 Å². The molecule has 4 aliphatic rings. The van der Waals surface area contributed by atoms with E-state index in [9.17, 15) is 27.9 Å². The molecule has 3 aliphatic carbocycles. The molecule has 4 rings (SSSR count). The number of rotatable bonds is 6. The number of aliphatic hydroxyl groups excluding tert-OH is 1. The highest BCUT2D eigenvalue weighted by Gasteiger charge is 2.53. The third-order valence-electron chi connectivity index (χ3n) is 8.12. The standard InChI is InChI=1S/C23H34F3NO4/c24-23(25,26)18-9-8-16(17(27-18)12-31-11-13-4-2-1-3-5-13)22(30)19-20(28)14-6-7-15(10-14)21(19)29/h13-20,27-28H,1-12H2. The summed E-state index contributed by atoms with van der Waals surface area (Å²) in [5.41, 5.74) is 0. The van der Waals surface area contributed by atoms with E-state index in [4.69, 9.17) is 4.74 Å². The minimum atomic E-state index is -4.39. The Bertz CT molecular complexity index is 664. The Hall–Kier alpha value is -0.990. The molecule has 0 amide bonds. The summed E-state index contributed by atoms with van der Waals surface area (Å²) >= 11 is 0. The molecule has 4 fully saturated rings. The van der Waals surface area contributed by atoms with Gasteiger partial charge in [-0.15, -0.1) is 0 Å². The molecule has 2 bridgehead atoms. The molecular formula is C23H34F3NO4. The first-order valence-electron chi connectivity index (χ1n) is 11.9. The fraction of sp³-hybridized carbons (Fsp3) is 0.913. The molecule has 7 atom stereocenters. The quantitative estimate of drug-likeness (QED) is 0.613. The van der Waals surface area contributed by atoms with Crippen molar-refractivity contribution in [2.75, 3.05) is 13.2 Å². The van der Waals surface area contributed by atoms with Gasteiger partial charge in [0.1, 0.15) is 17.7 Å². The number of carbonyl (C=O) groups excluding carboxylic acids is 2. The van der Waals surface area contributed by atoms with Crippen LogP contribution in [0.4, 0.5) is 13.2 Å². The van der Waals surface area contributed by atoms with Gasteiger partial charge >= 0.3 is 6.18 Å².